The fourth-order valence-corrected chi connectivity index (χ4v) is 3.12. The number of aryl methyl sites for hydroxylation is 1. The number of benzene rings is 2. The molecule has 28 heavy (non-hydrogen) atoms. The van der Waals surface area contributed by atoms with E-state index in [1.165, 1.54) is 6.21 Å². The van der Waals surface area contributed by atoms with Crippen LogP contribution >= 0.6 is 23.2 Å². The Morgan fingerprint density at radius 3 is 2.71 bits per heavy atom. The van der Waals surface area contributed by atoms with Crippen LogP contribution in [0, 0.1) is 6.92 Å². The number of halogens is 2. The number of hydrogen-bond donors (Lipinski definition) is 1. The second-order valence-electron chi connectivity index (χ2n) is 5.95. The van der Waals surface area contributed by atoms with Crippen LogP contribution in [0.4, 0.5) is 0 Å². The van der Waals surface area contributed by atoms with Crippen molar-refractivity contribution in [2.24, 2.45) is 5.10 Å². The summed E-state index contributed by atoms with van der Waals surface area (Å²) in [6.45, 7) is 1.95. The first kappa shape index (κ1) is 18.3. The third-order valence-electron chi connectivity index (χ3n) is 4.11. The molecule has 0 unspecified atom stereocenters. The number of fused-ring (bicyclic) bond motifs is 1. The lowest BCUT2D eigenvalue weighted by Crippen LogP contribution is -2.17. The molecule has 7 nitrogen and oxygen atoms in total. The zero-order valence-corrected chi connectivity index (χ0v) is 16.2. The second-order valence-corrected chi connectivity index (χ2v) is 6.74. The van der Waals surface area contributed by atoms with Gasteiger partial charge in [0.2, 0.25) is 6.79 Å². The summed E-state index contributed by atoms with van der Waals surface area (Å²) in [6.07, 6.45) is 1.46. The fraction of sp³-hybridized carbons (Fsp3) is 0.105. The van der Waals surface area contributed by atoms with E-state index in [0.29, 0.717) is 38.5 Å². The smallest absolute Gasteiger partial charge is 0.271 e. The van der Waals surface area contributed by atoms with Gasteiger partial charge >= 0.3 is 0 Å². The summed E-state index contributed by atoms with van der Waals surface area (Å²) in [4.78, 5) is 12.3. The highest BCUT2D eigenvalue weighted by Crippen LogP contribution is 2.32. The van der Waals surface area contributed by atoms with Crippen LogP contribution in [0.2, 0.25) is 10.2 Å². The van der Waals surface area contributed by atoms with Gasteiger partial charge in [-0.3, -0.25) is 4.79 Å². The van der Waals surface area contributed by atoms with E-state index in [1.807, 2.05) is 12.1 Å². The lowest BCUT2D eigenvalue weighted by Gasteiger charge is -2.03. The zero-order chi connectivity index (χ0) is 19.7. The number of amides is 1. The monoisotopic (exact) mass is 416 g/mol. The lowest BCUT2D eigenvalue weighted by atomic mass is 10.2. The van der Waals surface area contributed by atoms with Crippen LogP contribution in [0.3, 0.4) is 0 Å². The number of nitrogens with one attached hydrogen (secondary N) is 1. The molecule has 2 aromatic carbocycles. The van der Waals surface area contributed by atoms with Crippen LogP contribution in [-0.4, -0.2) is 28.7 Å². The van der Waals surface area contributed by atoms with Gasteiger partial charge in [-0.2, -0.15) is 10.2 Å². The Morgan fingerprint density at radius 1 is 1.18 bits per heavy atom. The predicted octanol–water partition coefficient (Wildman–Crippen LogP) is 3.98. The van der Waals surface area contributed by atoms with Crippen molar-refractivity contribution in [3.63, 3.8) is 0 Å². The van der Waals surface area contributed by atoms with Crippen LogP contribution in [-0.2, 0) is 0 Å². The molecule has 1 amide bonds. The van der Waals surface area contributed by atoms with E-state index in [2.05, 4.69) is 15.6 Å². The maximum absolute atomic E-state index is 12.3. The molecule has 1 N–H and O–H groups in total. The van der Waals surface area contributed by atoms with Gasteiger partial charge in [-0.05, 0) is 49.4 Å². The van der Waals surface area contributed by atoms with Gasteiger partial charge in [-0.15, -0.1) is 0 Å². The number of carbonyl (C=O) groups excluding carboxylic acids is 1. The highest BCUT2D eigenvalue weighted by Gasteiger charge is 2.16. The largest absolute Gasteiger partial charge is 0.454 e. The van der Waals surface area contributed by atoms with E-state index in [1.54, 1.807) is 41.9 Å². The van der Waals surface area contributed by atoms with Crippen molar-refractivity contribution in [3.05, 3.63) is 69.5 Å². The third-order valence-corrected chi connectivity index (χ3v) is 4.73. The molecule has 142 valence electrons. The Labute approximate surface area is 170 Å². The van der Waals surface area contributed by atoms with Gasteiger partial charge in [-0.1, -0.05) is 23.2 Å². The normalized spacial score (nSPS) is 12.5. The van der Waals surface area contributed by atoms with E-state index in [4.69, 9.17) is 32.7 Å². The summed E-state index contributed by atoms with van der Waals surface area (Å²) in [6, 6.07) is 12.0. The molecule has 3 aromatic rings. The minimum Gasteiger partial charge on any atom is -0.454 e. The van der Waals surface area contributed by atoms with Crippen LogP contribution < -0.4 is 14.9 Å². The second kappa shape index (κ2) is 7.53. The van der Waals surface area contributed by atoms with Crippen molar-refractivity contribution in [1.82, 2.24) is 15.2 Å². The number of hydrazone groups is 1. The molecule has 0 saturated heterocycles. The number of hydrogen-bond acceptors (Lipinski definition) is 5. The first-order valence-electron chi connectivity index (χ1n) is 8.27. The molecule has 0 radical (unpaired) electrons. The number of carbonyl (C=O) groups is 1. The summed E-state index contributed by atoms with van der Waals surface area (Å²) in [5, 5.41) is 9.41. The van der Waals surface area contributed by atoms with Crippen molar-refractivity contribution < 1.29 is 14.3 Å². The summed E-state index contributed by atoms with van der Waals surface area (Å²) < 4.78 is 12.1. The van der Waals surface area contributed by atoms with E-state index in [0.717, 1.165) is 5.69 Å². The third kappa shape index (κ3) is 3.54. The molecule has 0 atom stereocenters. The highest BCUT2D eigenvalue weighted by atomic mass is 35.5. The predicted molar refractivity (Wildman–Crippen MR) is 106 cm³/mol. The number of aromatic nitrogens is 2. The number of rotatable bonds is 4. The summed E-state index contributed by atoms with van der Waals surface area (Å²) >= 11 is 12.3. The average Bonchev–Trinajstić information content (AvgIpc) is 3.27. The molecule has 1 aliphatic rings. The van der Waals surface area contributed by atoms with Crippen molar-refractivity contribution in [2.75, 3.05) is 6.79 Å². The Morgan fingerprint density at radius 2 is 1.93 bits per heavy atom. The standard InChI is InChI=1S/C19H14Cl2N4O3/c1-11-15(18(21)25(24-11)14-5-3-13(20)4-6-14)9-22-23-19(26)12-2-7-16-17(8-12)28-10-27-16/h2-9H,10H2,1H3,(H,23,26)/b22-9+. The van der Waals surface area contributed by atoms with Gasteiger partial charge in [0.1, 0.15) is 5.15 Å². The first-order valence-corrected chi connectivity index (χ1v) is 9.02. The lowest BCUT2D eigenvalue weighted by molar-refractivity contribution is 0.0954. The minimum atomic E-state index is -0.381. The van der Waals surface area contributed by atoms with Gasteiger partial charge in [0, 0.05) is 10.6 Å². The molecule has 0 fully saturated rings. The molecule has 1 aliphatic heterocycles. The van der Waals surface area contributed by atoms with Crippen LogP contribution in [0.1, 0.15) is 21.6 Å². The topological polar surface area (TPSA) is 77.7 Å². The quantitative estimate of drug-likeness (QED) is 0.515. The number of ether oxygens (including phenoxy) is 2. The van der Waals surface area contributed by atoms with E-state index >= 15 is 0 Å². The summed E-state index contributed by atoms with van der Waals surface area (Å²) in [7, 11) is 0. The molecule has 0 bridgehead atoms. The van der Waals surface area contributed by atoms with Gasteiger partial charge < -0.3 is 9.47 Å². The van der Waals surface area contributed by atoms with Crippen LogP contribution in [0.5, 0.6) is 11.5 Å². The Balaban J connectivity index is 1.50. The molecule has 9 heteroatoms. The molecular weight excluding hydrogens is 403 g/mol. The molecule has 1 aromatic heterocycles. The summed E-state index contributed by atoms with van der Waals surface area (Å²) in [5.41, 5.74) is 4.91. The van der Waals surface area contributed by atoms with Crippen LogP contribution in [0.25, 0.3) is 5.69 Å². The van der Waals surface area contributed by atoms with E-state index in [9.17, 15) is 4.79 Å². The molecule has 0 aliphatic carbocycles. The molecular formula is C19H14Cl2N4O3. The van der Waals surface area contributed by atoms with Gasteiger partial charge in [0.05, 0.1) is 23.2 Å². The van der Waals surface area contributed by atoms with Crippen LogP contribution in [0.15, 0.2) is 47.6 Å². The van der Waals surface area contributed by atoms with Crippen molar-refractivity contribution in [1.29, 1.82) is 0 Å². The maximum atomic E-state index is 12.3. The van der Waals surface area contributed by atoms with E-state index in [-0.39, 0.29) is 12.7 Å². The van der Waals surface area contributed by atoms with Gasteiger partial charge in [0.25, 0.3) is 5.91 Å². The van der Waals surface area contributed by atoms with Gasteiger partial charge in [0.15, 0.2) is 11.5 Å². The Bertz CT molecular complexity index is 1080. The molecule has 2 heterocycles. The fourth-order valence-electron chi connectivity index (χ4n) is 2.67. The van der Waals surface area contributed by atoms with E-state index < -0.39 is 0 Å². The molecule has 4 rings (SSSR count). The maximum Gasteiger partial charge on any atom is 0.271 e. The average molecular weight is 417 g/mol. The molecule has 0 spiro atoms. The zero-order valence-electron chi connectivity index (χ0n) is 14.6. The highest BCUT2D eigenvalue weighted by molar-refractivity contribution is 6.32. The van der Waals surface area contributed by atoms with Crippen molar-refractivity contribution >= 4 is 35.3 Å². The number of nitrogens with zero attached hydrogens (tertiary/aromatic N) is 3. The molecule has 0 saturated carbocycles. The minimum absolute atomic E-state index is 0.147. The first-order chi connectivity index (χ1) is 13.5. The Hall–Kier alpha value is -3.03. The Kier molecular flexibility index (Phi) is 4.93. The van der Waals surface area contributed by atoms with Crippen molar-refractivity contribution in [3.8, 4) is 17.2 Å². The summed E-state index contributed by atoms with van der Waals surface area (Å²) in [5.74, 6) is 0.755. The van der Waals surface area contributed by atoms with Crippen molar-refractivity contribution in [2.45, 2.75) is 6.92 Å². The SMILES string of the molecule is Cc1nn(-c2ccc(Cl)cc2)c(Cl)c1/C=N/NC(=O)c1ccc2c(c1)OCO2. The van der Waals surface area contributed by atoms with Gasteiger partial charge in [-0.25, -0.2) is 10.1 Å².